The molecule has 3 rings (SSSR count). The van der Waals surface area contributed by atoms with E-state index in [0.717, 1.165) is 15.6 Å². The highest BCUT2D eigenvalue weighted by Crippen LogP contribution is 2.20. The third kappa shape index (κ3) is 4.83. The van der Waals surface area contributed by atoms with Crippen LogP contribution in [0.25, 0.3) is 0 Å². The van der Waals surface area contributed by atoms with E-state index in [1.54, 1.807) is 36.4 Å². The van der Waals surface area contributed by atoms with Crippen molar-refractivity contribution in [2.75, 3.05) is 5.32 Å². The molecule has 0 heterocycles. The van der Waals surface area contributed by atoms with Gasteiger partial charge in [0.1, 0.15) is 0 Å². The predicted molar refractivity (Wildman–Crippen MR) is 111 cm³/mol. The fourth-order valence-electron chi connectivity index (χ4n) is 2.59. The summed E-state index contributed by atoms with van der Waals surface area (Å²) in [5.74, 6) is -0.501. The number of halogens is 1. The molecule has 0 atom stereocenters. The van der Waals surface area contributed by atoms with Crippen LogP contribution in [0.15, 0.2) is 77.3 Å². The van der Waals surface area contributed by atoms with Crippen LogP contribution >= 0.6 is 15.9 Å². The largest absolute Gasteiger partial charge is 0.348 e. The lowest BCUT2D eigenvalue weighted by molar-refractivity contribution is 0.0952. The van der Waals surface area contributed by atoms with Crippen molar-refractivity contribution in [1.29, 1.82) is 0 Å². The molecule has 0 unspecified atom stereocenters. The van der Waals surface area contributed by atoms with Gasteiger partial charge in [0.25, 0.3) is 11.8 Å². The van der Waals surface area contributed by atoms with E-state index in [1.807, 2.05) is 43.3 Å². The molecule has 0 saturated carbocycles. The van der Waals surface area contributed by atoms with Crippen molar-refractivity contribution in [2.24, 2.45) is 0 Å². The Labute approximate surface area is 166 Å². The third-order valence-electron chi connectivity index (χ3n) is 4.15. The van der Waals surface area contributed by atoms with Gasteiger partial charge in [-0.1, -0.05) is 64.5 Å². The van der Waals surface area contributed by atoms with E-state index in [9.17, 15) is 9.59 Å². The van der Waals surface area contributed by atoms with Gasteiger partial charge >= 0.3 is 0 Å². The number of aryl methyl sites for hydroxylation is 1. The van der Waals surface area contributed by atoms with Crippen LogP contribution in [0.5, 0.6) is 0 Å². The van der Waals surface area contributed by atoms with Crippen LogP contribution in [0, 0.1) is 6.92 Å². The molecule has 0 aliphatic heterocycles. The zero-order valence-corrected chi connectivity index (χ0v) is 16.4. The number of carbonyl (C=O) groups excluding carboxylic acids is 2. The molecule has 4 nitrogen and oxygen atoms in total. The van der Waals surface area contributed by atoms with Crippen LogP contribution in [0.2, 0.25) is 0 Å². The van der Waals surface area contributed by atoms with Crippen LogP contribution in [0.3, 0.4) is 0 Å². The molecule has 0 bridgehead atoms. The maximum absolute atomic E-state index is 12.6. The maximum atomic E-state index is 12.6. The number of hydrogen-bond donors (Lipinski definition) is 2. The minimum atomic E-state index is -0.265. The Kier molecular flexibility index (Phi) is 6.04. The van der Waals surface area contributed by atoms with E-state index in [0.29, 0.717) is 23.4 Å². The Morgan fingerprint density at radius 2 is 1.59 bits per heavy atom. The van der Waals surface area contributed by atoms with Gasteiger partial charge in [0, 0.05) is 16.6 Å². The van der Waals surface area contributed by atoms with Gasteiger partial charge in [-0.05, 0) is 42.3 Å². The summed E-state index contributed by atoms with van der Waals surface area (Å²) in [4.78, 5) is 25.2. The average molecular weight is 423 g/mol. The summed E-state index contributed by atoms with van der Waals surface area (Å²) in [7, 11) is 0. The van der Waals surface area contributed by atoms with Crippen molar-refractivity contribution < 1.29 is 9.59 Å². The highest BCUT2D eigenvalue weighted by molar-refractivity contribution is 9.10. The highest BCUT2D eigenvalue weighted by atomic mass is 79.9. The SMILES string of the molecule is Cc1ccc(C(=O)Nc2ccccc2C(=O)NCc2ccccc2)cc1Br. The molecular formula is C22H19BrN2O2. The Bertz CT molecular complexity index is 971. The van der Waals surface area contributed by atoms with Gasteiger partial charge in [0.15, 0.2) is 0 Å². The van der Waals surface area contributed by atoms with Crippen molar-refractivity contribution in [3.8, 4) is 0 Å². The van der Waals surface area contributed by atoms with E-state index in [-0.39, 0.29) is 11.8 Å². The number of rotatable bonds is 5. The van der Waals surface area contributed by atoms with Gasteiger partial charge in [0.2, 0.25) is 0 Å². The van der Waals surface area contributed by atoms with Gasteiger partial charge < -0.3 is 10.6 Å². The van der Waals surface area contributed by atoms with Gasteiger partial charge in [-0.2, -0.15) is 0 Å². The number of amides is 2. The summed E-state index contributed by atoms with van der Waals surface area (Å²) in [6.07, 6.45) is 0. The number of hydrogen-bond acceptors (Lipinski definition) is 2. The molecule has 0 fully saturated rings. The molecule has 0 spiro atoms. The molecule has 5 heteroatoms. The van der Waals surface area contributed by atoms with E-state index in [1.165, 1.54) is 0 Å². The number of nitrogens with one attached hydrogen (secondary N) is 2. The lowest BCUT2D eigenvalue weighted by Crippen LogP contribution is -2.24. The molecule has 0 aliphatic carbocycles. The molecule has 3 aromatic rings. The summed E-state index contributed by atoms with van der Waals surface area (Å²) in [5, 5.41) is 5.72. The first-order chi connectivity index (χ1) is 13.0. The van der Waals surface area contributed by atoms with Gasteiger partial charge in [-0.3, -0.25) is 9.59 Å². The quantitative estimate of drug-likeness (QED) is 0.611. The fraction of sp³-hybridized carbons (Fsp3) is 0.0909. The number of para-hydroxylation sites is 1. The van der Waals surface area contributed by atoms with Crippen molar-refractivity contribution in [1.82, 2.24) is 5.32 Å². The summed E-state index contributed by atoms with van der Waals surface area (Å²) in [5.41, 5.74) is 3.48. The average Bonchev–Trinajstić information content (AvgIpc) is 2.69. The summed E-state index contributed by atoms with van der Waals surface area (Å²) in [6, 6.07) is 22.0. The van der Waals surface area contributed by atoms with Crippen molar-refractivity contribution in [2.45, 2.75) is 13.5 Å². The molecule has 0 radical (unpaired) electrons. The lowest BCUT2D eigenvalue weighted by atomic mass is 10.1. The Morgan fingerprint density at radius 3 is 2.33 bits per heavy atom. The zero-order chi connectivity index (χ0) is 19.2. The first kappa shape index (κ1) is 18.9. The number of carbonyl (C=O) groups is 2. The molecule has 136 valence electrons. The van der Waals surface area contributed by atoms with E-state index >= 15 is 0 Å². The molecule has 0 aromatic heterocycles. The first-order valence-electron chi connectivity index (χ1n) is 8.53. The van der Waals surface area contributed by atoms with Gasteiger partial charge in [0.05, 0.1) is 11.3 Å². The standard InChI is InChI=1S/C22H19BrN2O2/c1-15-11-12-17(13-19(15)23)21(26)25-20-10-6-5-9-18(20)22(27)24-14-16-7-3-2-4-8-16/h2-13H,14H2,1H3,(H,24,27)(H,25,26). The summed E-state index contributed by atoms with van der Waals surface area (Å²) < 4.78 is 0.865. The summed E-state index contributed by atoms with van der Waals surface area (Å²) >= 11 is 3.44. The number of anilines is 1. The van der Waals surface area contributed by atoms with Gasteiger partial charge in [-0.25, -0.2) is 0 Å². The molecule has 2 amide bonds. The van der Waals surface area contributed by atoms with Crippen molar-refractivity contribution >= 4 is 33.4 Å². The molecule has 3 aromatic carbocycles. The Balaban J connectivity index is 1.74. The minimum absolute atomic E-state index is 0.236. The topological polar surface area (TPSA) is 58.2 Å². The Hall–Kier alpha value is -2.92. The summed E-state index contributed by atoms with van der Waals surface area (Å²) in [6.45, 7) is 2.38. The Morgan fingerprint density at radius 1 is 0.889 bits per heavy atom. The lowest BCUT2D eigenvalue weighted by Gasteiger charge is -2.12. The third-order valence-corrected chi connectivity index (χ3v) is 5.00. The monoisotopic (exact) mass is 422 g/mol. The van der Waals surface area contributed by atoms with Crippen molar-refractivity contribution in [3.05, 3.63) is 99.5 Å². The fourth-order valence-corrected chi connectivity index (χ4v) is 2.97. The molecule has 0 aliphatic rings. The van der Waals surface area contributed by atoms with Crippen LogP contribution in [-0.2, 0) is 6.54 Å². The molecule has 0 saturated heterocycles. The maximum Gasteiger partial charge on any atom is 0.255 e. The second-order valence-electron chi connectivity index (χ2n) is 6.13. The predicted octanol–water partition coefficient (Wildman–Crippen LogP) is 4.94. The smallest absolute Gasteiger partial charge is 0.255 e. The zero-order valence-electron chi connectivity index (χ0n) is 14.8. The second kappa shape index (κ2) is 8.64. The minimum Gasteiger partial charge on any atom is -0.348 e. The van der Waals surface area contributed by atoms with Crippen LogP contribution in [0.4, 0.5) is 5.69 Å². The first-order valence-corrected chi connectivity index (χ1v) is 9.32. The van der Waals surface area contributed by atoms with E-state index in [2.05, 4.69) is 26.6 Å². The molecular weight excluding hydrogens is 404 g/mol. The molecule has 27 heavy (non-hydrogen) atoms. The van der Waals surface area contributed by atoms with Crippen LogP contribution in [0.1, 0.15) is 31.8 Å². The van der Waals surface area contributed by atoms with E-state index < -0.39 is 0 Å². The van der Waals surface area contributed by atoms with Crippen molar-refractivity contribution in [3.63, 3.8) is 0 Å². The van der Waals surface area contributed by atoms with Crippen LogP contribution < -0.4 is 10.6 Å². The van der Waals surface area contributed by atoms with E-state index in [4.69, 9.17) is 0 Å². The van der Waals surface area contributed by atoms with Crippen LogP contribution in [-0.4, -0.2) is 11.8 Å². The normalized spacial score (nSPS) is 10.3. The van der Waals surface area contributed by atoms with Gasteiger partial charge in [-0.15, -0.1) is 0 Å². The second-order valence-corrected chi connectivity index (χ2v) is 6.99. The molecule has 2 N–H and O–H groups in total. The number of benzene rings is 3. The highest BCUT2D eigenvalue weighted by Gasteiger charge is 2.14.